The predicted molar refractivity (Wildman–Crippen MR) is 105 cm³/mol. The minimum absolute atomic E-state index is 0.119. The van der Waals surface area contributed by atoms with Crippen LogP contribution in [0, 0.1) is 17.8 Å². The summed E-state index contributed by atoms with van der Waals surface area (Å²) in [4.78, 5) is 14.4. The zero-order chi connectivity index (χ0) is 17.8. The van der Waals surface area contributed by atoms with E-state index in [1.165, 1.54) is 11.3 Å². The maximum absolute atomic E-state index is 12.5. The molecule has 0 aliphatic carbocycles. The average molecular weight is 371 g/mol. The molecule has 0 saturated carbocycles. The van der Waals surface area contributed by atoms with Gasteiger partial charge >= 0.3 is 0 Å². The Morgan fingerprint density at radius 1 is 1.20 bits per heavy atom. The fraction of sp³-hybridized carbons (Fsp3) is 0.167. The predicted octanol–water partition coefficient (Wildman–Crippen LogP) is 4.59. The summed E-state index contributed by atoms with van der Waals surface area (Å²) >= 11 is 6.47. The highest BCUT2D eigenvalue weighted by Crippen LogP contribution is 2.27. The molecule has 1 amide bonds. The quantitative estimate of drug-likeness (QED) is 0.645. The monoisotopic (exact) mass is 370 g/mol. The van der Waals surface area contributed by atoms with E-state index in [4.69, 9.17) is 12.2 Å². The molecule has 0 bridgehead atoms. The van der Waals surface area contributed by atoms with E-state index in [0.717, 1.165) is 22.5 Å². The normalized spacial score (nSPS) is 10.5. The Balaban J connectivity index is 1.83. The molecule has 25 heavy (non-hydrogen) atoms. The molecule has 0 atom stereocenters. The molecular formula is C18H18N4OS2. The van der Waals surface area contributed by atoms with E-state index in [-0.39, 0.29) is 12.5 Å². The molecule has 2 N–H and O–H groups in total. The summed E-state index contributed by atoms with van der Waals surface area (Å²) in [6.45, 7) is 4.17. The molecule has 0 saturated heterocycles. The van der Waals surface area contributed by atoms with Gasteiger partial charge in [0.15, 0.2) is 3.95 Å². The molecule has 3 aromatic rings. The SMILES string of the molecule is Cc1ccc(NC(=O)CN(c2cccc(C)c2)c2n[nH]c(=S)s2)cc1. The number of nitrogens with one attached hydrogen (secondary N) is 2. The van der Waals surface area contributed by atoms with Crippen molar-refractivity contribution in [2.75, 3.05) is 16.8 Å². The van der Waals surface area contributed by atoms with Crippen LogP contribution in [0.1, 0.15) is 11.1 Å². The first-order valence-electron chi connectivity index (χ1n) is 7.77. The molecule has 3 rings (SSSR count). The lowest BCUT2D eigenvalue weighted by Gasteiger charge is -2.21. The zero-order valence-corrected chi connectivity index (χ0v) is 15.6. The van der Waals surface area contributed by atoms with Crippen molar-refractivity contribution in [1.29, 1.82) is 0 Å². The van der Waals surface area contributed by atoms with Crippen LogP contribution in [-0.2, 0) is 4.79 Å². The first kappa shape index (κ1) is 17.3. The van der Waals surface area contributed by atoms with Crippen molar-refractivity contribution in [3.8, 4) is 0 Å². The Kier molecular flexibility index (Phi) is 5.25. The minimum atomic E-state index is -0.119. The molecule has 0 unspecified atom stereocenters. The summed E-state index contributed by atoms with van der Waals surface area (Å²) in [6.07, 6.45) is 0. The standard InChI is InChI=1S/C18H18N4OS2/c1-12-6-8-14(9-7-12)19-16(23)11-22(17-20-21-18(24)25-17)15-5-3-4-13(2)10-15/h3-10H,11H2,1-2H3,(H,19,23)(H,21,24). The highest BCUT2D eigenvalue weighted by Gasteiger charge is 2.17. The minimum Gasteiger partial charge on any atom is -0.325 e. The van der Waals surface area contributed by atoms with Gasteiger partial charge < -0.3 is 10.2 Å². The van der Waals surface area contributed by atoms with Crippen molar-refractivity contribution < 1.29 is 4.79 Å². The lowest BCUT2D eigenvalue weighted by molar-refractivity contribution is -0.114. The highest BCUT2D eigenvalue weighted by molar-refractivity contribution is 7.73. The van der Waals surface area contributed by atoms with Gasteiger partial charge in [-0.2, -0.15) is 0 Å². The first-order chi connectivity index (χ1) is 12.0. The molecule has 128 valence electrons. The van der Waals surface area contributed by atoms with E-state index < -0.39 is 0 Å². The van der Waals surface area contributed by atoms with Crippen molar-refractivity contribution >= 4 is 46.0 Å². The van der Waals surface area contributed by atoms with Crippen LogP contribution in [0.25, 0.3) is 0 Å². The van der Waals surface area contributed by atoms with E-state index in [9.17, 15) is 4.79 Å². The average Bonchev–Trinajstić information content (AvgIpc) is 3.01. The summed E-state index contributed by atoms with van der Waals surface area (Å²) in [5.74, 6) is -0.119. The largest absolute Gasteiger partial charge is 0.325 e. The van der Waals surface area contributed by atoms with Crippen LogP contribution in [0.4, 0.5) is 16.5 Å². The molecule has 0 radical (unpaired) electrons. The summed E-state index contributed by atoms with van der Waals surface area (Å²) < 4.78 is 0.576. The van der Waals surface area contributed by atoms with Gasteiger partial charge in [-0.05, 0) is 55.9 Å². The number of carbonyl (C=O) groups excluding carboxylic acids is 1. The molecule has 5 nitrogen and oxygen atoms in total. The Labute approximate surface area is 155 Å². The summed E-state index contributed by atoms with van der Waals surface area (Å²) in [6, 6.07) is 15.7. The third-order valence-electron chi connectivity index (χ3n) is 3.61. The molecule has 7 heteroatoms. The highest BCUT2D eigenvalue weighted by atomic mass is 32.1. The van der Waals surface area contributed by atoms with Gasteiger partial charge in [0.05, 0.1) is 0 Å². The zero-order valence-electron chi connectivity index (χ0n) is 13.9. The van der Waals surface area contributed by atoms with Crippen molar-refractivity contribution in [2.45, 2.75) is 13.8 Å². The van der Waals surface area contributed by atoms with E-state index in [1.54, 1.807) is 0 Å². The van der Waals surface area contributed by atoms with Crippen molar-refractivity contribution in [3.05, 3.63) is 63.6 Å². The number of H-pyrrole nitrogens is 1. The smallest absolute Gasteiger partial charge is 0.244 e. The van der Waals surface area contributed by atoms with E-state index >= 15 is 0 Å². The molecule has 1 heterocycles. The Hall–Kier alpha value is -2.51. The number of nitrogens with zero attached hydrogens (tertiary/aromatic N) is 2. The summed E-state index contributed by atoms with van der Waals surface area (Å²) in [5, 5.41) is 10.6. The molecular weight excluding hydrogens is 352 g/mol. The van der Waals surface area contributed by atoms with Gasteiger partial charge in [0.2, 0.25) is 11.0 Å². The topological polar surface area (TPSA) is 61.0 Å². The maximum Gasteiger partial charge on any atom is 0.244 e. The van der Waals surface area contributed by atoms with Crippen LogP contribution in [0.3, 0.4) is 0 Å². The van der Waals surface area contributed by atoms with Gasteiger partial charge in [-0.25, -0.2) is 0 Å². The molecule has 0 fully saturated rings. The molecule has 0 spiro atoms. The number of aromatic amines is 1. The van der Waals surface area contributed by atoms with Crippen LogP contribution in [0.5, 0.6) is 0 Å². The van der Waals surface area contributed by atoms with Crippen LogP contribution < -0.4 is 10.2 Å². The van der Waals surface area contributed by atoms with Crippen LogP contribution in [-0.4, -0.2) is 22.6 Å². The van der Waals surface area contributed by atoms with E-state index in [1.807, 2.05) is 67.3 Å². The fourth-order valence-electron chi connectivity index (χ4n) is 2.38. The third kappa shape index (κ3) is 4.52. The molecule has 0 aliphatic rings. The number of aryl methyl sites for hydroxylation is 2. The molecule has 2 aromatic carbocycles. The third-order valence-corrected chi connectivity index (χ3v) is 4.72. The number of carbonyl (C=O) groups is 1. The van der Waals surface area contributed by atoms with Crippen LogP contribution >= 0.6 is 23.6 Å². The van der Waals surface area contributed by atoms with Gasteiger partial charge in [-0.1, -0.05) is 41.2 Å². The van der Waals surface area contributed by atoms with Gasteiger partial charge in [0.25, 0.3) is 0 Å². The van der Waals surface area contributed by atoms with Gasteiger partial charge in [0.1, 0.15) is 6.54 Å². The summed E-state index contributed by atoms with van der Waals surface area (Å²) in [7, 11) is 0. The lowest BCUT2D eigenvalue weighted by atomic mass is 10.2. The van der Waals surface area contributed by atoms with E-state index in [0.29, 0.717) is 9.09 Å². The number of benzene rings is 2. The Morgan fingerprint density at radius 2 is 1.96 bits per heavy atom. The summed E-state index contributed by atoms with van der Waals surface area (Å²) in [5.41, 5.74) is 3.93. The number of rotatable bonds is 5. The number of anilines is 3. The number of hydrogen-bond donors (Lipinski definition) is 2. The van der Waals surface area contributed by atoms with Crippen molar-refractivity contribution in [1.82, 2.24) is 10.2 Å². The van der Waals surface area contributed by atoms with Crippen LogP contribution in [0.15, 0.2) is 48.5 Å². The van der Waals surface area contributed by atoms with E-state index in [2.05, 4.69) is 15.5 Å². The number of aromatic nitrogens is 2. The van der Waals surface area contributed by atoms with Crippen LogP contribution in [0.2, 0.25) is 0 Å². The fourth-order valence-corrected chi connectivity index (χ4v) is 3.28. The number of amides is 1. The lowest BCUT2D eigenvalue weighted by Crippen LogP contribution is -2.29. The Bertz CT molecular complexity index is 931. The van der Waals surface area contributed by atoms with Gasteiger partial charge in [-0.3, -0.25) is 9.89 Å². The second-order valence-electron chi connectivity index (χ2n) is 5.74. The second kappa shape index (κ2) is 7.58. The first-order valence-corrected chi connectivity index (χ1v) is 9.00. The Morgan fingerprint density at radius 3 is 2.60 bits per heavy atom. The number of hydrogen-bond acceptors (Lipinski definition) is 5. The van der Waals surface area contributed by atoms with Crippen molar-refractivity contribution in [2.24, 2.45) is 0 Å². The van der Waals surface area contributed by atoms with Crippen molar-refractivity contribution in [3.63, 3.8) is 0 Å². The van der Waals surface area contributed by atoms with Gasteiger partial charge in [-0.15, -0.1) is 5.10 Å². The molecule has 0 aliphatic heterocycles. The van der Waals surface area contributed by atoms with Gasteiger partial charge in [0, 0.05) is 11.4 Å². The molecule has 1 aromatic heterocycles. The maximum atomic E-state index is 12.5. The second-order valence-corrected chi connectivity index (χ2v) is 7.38.